The highest BCUT2D eigenvalue weighted by Crippen LogP contribution is 2.17. The van der Waals surface area contributed by atoms with Crippen molar-refractivity contribution < 1.29 is 4.79 Å². The van der Waals surface area contributed by atoms with Gasteiger partial charge in [0.05, 0.1) is 6.54 Å². The lowest BCUT2D eigenvalue weighted by Crippen LogP contribution is -2.40. The summed E-state index contributed by atoms with van der Waals surface area (Å²) >= 11 is 0. The Labute approximate surface area is 139 Å². The summed E-state index contributed by atoms with van der Waals surface area (Å²) in [5, 5.41) is 6.37. The van der Waals surface area contributed by atoms with E-state index in [1.165, 1.54) is 18.4 Å². The Morgan fingerprint density at radius 1 is 1.22 bits per heavy atom. The summed E-state index contributed by atoms with van der Waals surface area (Å²) in [6.45, 7) is 1.24. The molecule has 0 aromatic heterocycles. The number of amides is 1. The van der Waals surface area contributed by atoms with Gasteiger partial charge in [0.15, 0.2) is 5.96 Å². The topological polar surface area (TPSA) is 56.7 Å². The minimum absolute atomic E-state index is 0.130. The Bertz CT molecular complexity index is 507. The van der Waals surface area contributed by atoms with E-state index in [0.717, 1.165) is 18.8 Å². The third kappa shape index (κ3) is 6.30. The Hall–Kier alpha value is -2.04. The van der Waals surface area contributed by atoms with Gasteiger partial charge >= 0.3 is 0 Å². The molecule has 5 nitrogen and oxygen atoms in total. The second kappa shape index (κ2) is 9.18. The molecule has 1 saturated carbocycles. The standard InChI is InChI=1S/C18H28N4O/c1-22(2)18(20-14-15-8-4-3-5-9-15)19-13-12-17(23)21-16-10-6-7-11-16/h3-5,8-9,16H,6-7,10-14H2,1-2H3,(H,19,20)(H,21,23). The van der Waals surface area contributed by atoms with Crippen LogP contribution in [0.25, 0.3) is 0 Å². The van der Waals surface area contributed by atoms with Gasteiger partial charge in [0.25, 0.3) is 0 Å². The van der Waals surface area contributed by atoms with Crippen LogP contribution in [0, 0.1) is 0 Å². The van der Waals surface area contributed by atoms with E-state index >= 15 is 0 Å². The molecule has 2 rings (SSSR count). The lowest BCUT2D eigenvalue weighted by atomic mass is 10.2. The van der Waals surface area contributed by atoms with Crippen molar-refractivity contribution >= 4 is 11.9 Å². The van der Waals surface area contributed by atoms with Gasteiger partial charge in [-0.05, 0) is 18.4 Å². The van der Waals surface area contributed by atoms with Crippen molar-refractivity contribution in [1.29, 1.82) is 0 Å². The molecule has 2 N–H and O–H groups in total. The number of aliphatic imine (C=N–C) groups is 1. The Morgan fingerprint density at radius 3 is 2.57 bits per heavy atom. The smallest absolute Gasteiger partial charge is 0.221 e. The maximum absolute atomic E-state index is 11.9. The molecule has 0 radical (unpaired) electrons. The van der Waals surface area contributed by atoms with Crippen molar-refractivity contribution in [3.63, 3.8) is 0 Å². The fourth-order valence-corrected chi connectivity index (χ4v) is 2.76. The first-order valence-corrected chi connectivity index (χ1v) is 8.44. The third-order valence-corrected chi connectivity index (χ3v) is 4.03. The van der Waals surface area contributed by atoms with E-state index in [9.17, 15) is 4.79 Å². The van der Waals surface area contributed by atoms with Gasteiger partial charge in [-0.3, -0.25) is 4.79 Å². The monoisotopic (exact) mass is 316 g/mol. The molecule has 0 spiro atoms. The molecule has 1 aliphatic carbocycles. The fraction of sp³-hybridized carbons (Fsp3) is 0.556. The van der Waals surface area contributed by atoms with E-state index in [1.54, 1.807) is 0 Å². The molecule has 1 fully saturated rings. The molecule has 0 unspecified atom stereocenters. The first kappa shape index (κ1) is 17.3. The summed E-state index contributed by atoms with van der Waals surface area (Å²) in [6.07, 6.45) is 5.20. The van der Waals surface area contributed by atoms with Gasteiger partial charge in [0.2, 0.25) is 5.91 Å². The van der Waals surface area contributed by atoms with Crippen LogP contribution in [0.3, 0.4) is 0 Å². The van der Waals surface area contributed by atoms with E-state index < -0.39 is 0 Å². The maximum Gasteiger partial charge on any atom is 0.221 e. The lowest BCUT2D eigenvalue weighted by molar-refractivity contribution is -0.121. The van der Waals surface area contributed by atoms with Crippen molar-refractivity contribution in [3.8, 4) is 0 Å². The highest BCUT2D eigenvalue weighted by molar-refractivity contribution is 5.81. The third-order valence-electron chi connectivity index (χ3n) is 4.03. The molecule has 23 heavy (non-hydrogen) atoms. The average Bonchev–Trinajstić information content (AvgIpc) is 3.04. The van der Waals surface area contributed by atoms with Crippen molar-refractivity contribution in [2.45, 2.75) is 44.7 Å². The first-order valence-electron chi connectivity index (χ1n) is 8.44. The molecular formula is C18H28N4O. The second-order valence-corrected chi connectivity index (χ2v) is 6.25. The second-order valence-electron chi connectivity index (χ2n) is 6.25. The summed E-state index contributed by atoms with van der Waals surface area (Å²) in [5.74, 6) is 0.938. The van der Waals surface area contributed by atoms with Gasteiger partial charge in [-0.15, -0.1) is 0 Å². The molecular weight excluding hydrogens is 288 g/mol. The largest absolute Gasteiger partial charge is 0.356 e. The van der Waals surface area contributed by atoms with Gasteiger partial charge in [-0.2, -0.15) is 0 Å². The zero-order chi connectivity index (χ0) is 16.5. The molecule has 5 heteroatoms. The molecule has 1 amide bonds. The highest BCUT2D eigenvalue weighted by Gasteiger charge is 2.16. The number of nitrogens with zero attached hydrogens (tertiary/aromatic N) is 2. The molecule has 0 saturated heterocycles. The zero-order valence-electron chi connectivity index (χ0n) is 14.2. The SMILES string of the molecule is CN(C)C(=NCc1ccccc1)NCCC(=O)NC1CCCC1. The normalized spacial score (nSPS) is 15.5. The Kier molecular flexibility index (Phi) is 6.91. The minimum atomic E-state index is 0.130. The van der Waals surface area contributed by atoms with Crippen molar-refractivity contribution in [3.05, 3.63) is 35.9 Å². The van der Waals surface area contributed by atoms with Gasteiger partial charge in [0.1, 0.15) is 0 Å². The summed E-state index contributed by atoms with van der Waals surface area (Å²) in [6, 6.07) is 10.5. The van der Waals surface area contributed by atoms with Crippen LogP contribution in [0.2, 0.25) is 0 Å². The van der Waals surface area contributed by atoms with Crippen molar-refractivity contribution in [2.24, 2.45) is 4.99 Å². The first-order chi connectivity index (χ1) is 11.1. The van der Waals surface area contributed by atoms with Crippen molar-refractivity contribution in [1.82, 2.24) is 15.5 Å². The predicted molar refractivity (Wildman–Crippen MR) is 94.3 cm³/mol. The number of hydrogen-bond donors (Lipinski definition) is 2. The van der Waals surface area contributed by atoms with Crippen LogP contribution < -0.4 is 10.6 Å². The average molecular weight is 316 g/mol. The molecule has 0 atom stereocenters. The summed E-state index contributed by atoms with van der Waals surface area (Å²) < 4.78 is 0. The summed E-state index contributed by atoms with van der Waals surface area (Å²) in [5.41, 5.74) is 1.17. The van der Waals surface area contributed by atoms with Crippen LogP contribution in [0.5, 0.6) is 0 Å². The van der Waals surface area contributed by atoms with E-state index in [-0.39, 0.29) is 5.91 Å². The number of carbonyl (C=O) groups is 1. The van der Waals surface area contributed by atoms with E-state index in [2.05, 4.69) is 27.8 Å². The number of rotatable bonds is 6. The molecule has 1 aromatic rings. The maximum atomic E-state index is 11.9. The van der Waals surface area contributed by atoms with Gasteiger partial charge in [-0.25, -0.2) is 4.99 Å². The number of carbonyl (C=O) groups excluding carboxylic acids is 1. The van der Waals surface area contributed by atoms with Gasteiger partial charge in [-0.1, -0.05) is 43.2 Å². The summed E-state index contributed by atoms with van der Waals surface area (Å²) in [4.78, 5) is 18.5. The van der Waals surface area contributed by atoms with Gasteiger partial charge in [0, 0.05) is 33.1 Å². The predicted octanol–water partition coefficient (Wildman–Crippen LogP) is 2.14. The Morgan fingerprint density at radius 2 is 1.91 bits per heavy atom. The molecule has 126 valence electrons. The van der Waals surface area contributed by atoms with E-state index in [1.807, 2.05) is 37.2 Å². The van der Waals surface area contributed by atoms with Crippen LogP contribution in [0.4, 0.5) is 0 Å². The number of hydrogen-bond acceptors (Lipinski definition) is 2. The van der Waals surface area contributed by atoms with Crippen LogP contribution in [0.15, 0.2) is 35.3 Å². The van der Waals surface area contributed by atoms with Crippen molar-refractivity contribution in [2.75, 3.05) is 20.6 Å². The number of guanidine groups is 1. The fourth-order valence-electron chi connectivity index (χ4n) is 2.76. The van der Waals surface area contributed by atoms with Gasteiger partial charge < -0.3 is 15.5 Å². The number of nitrogens with one attached hydrogen (secondary N) is 2. The van der Waals surface area contributed by atoms with E-state index in [0.29, 0.717) is 25.6 Å². The van der Waals surface area contributed by atoms with Crippen LogP contribution in [0.1, 0.15) is 37.7 Å². The molecule has 0 aliphatic heterocycles. The molecule has 0 heterocycles. The lowest BCUT2D eigenvalue weighted by Gasteiger charge is -2.18. The van der Waals surface area contributed by atoms with E-state index in [4.69, 9.17) is 0 Å². The summed E-state index contributed by atoms with van der Waals surface area (Å²) in [7, 11) is 3.91. The van der Waals surface area contributed by atoms with Crippen LogP contribution in [-0.4, -0.2) is 43.4 Å². The highest BCUT2D eigenvalue weighted by atomic mass is 16.1. The molecule has 1 aromatic carbocycles. The Balaban J connectivity index is 1.74. The zero-order valence-corrected chi connectivity index (χ0v) is 14.2. The quantitative estimate of drug-likeness (QED) is 0.624. The van der Waals surface area contributed by atoms with Crippen LogP contribution >= 0.6 is 0 Å². The molecule has 0 bridgehead atoms. The molecule has 1 aliphatic rings. The van der Waals surface area contributed by atoms with Crippen LogP contribution in [-0.2, 0) is 11.3 Å². The number of benzene rings is 1. The minimum Gasteiger partial charge on any atom is -0.356 e.